The number of carbonyl (C=O) groups is 1. The summed E-state index contributed by atoms with van der Waals surface area (Å²) < 4.78 is 15.6. The van der Waals surface area contributed by atoms with Crippen LogP contribution in [0.2, 0.25) is 0 Å². The molecule has 1 aliphatic carbocycles. The third-order valence-corrected chi connectivity index (χ3v) is 2.42. The van der Waals surface area contributed by atoms with Crippen LogP contribution in [0.15, 0.2) is 40.0 Å². The molecule has 0 aromatic rings. The molecule has 0 unspecified atom stereocenters. The number of methoxy groups -OCH3 is 3. The Labute approximate surface area is 111 Å². The fourth-order valence-electron chi connectivity index (χ4n) is 1.57. The van der Waals surface area contributed by atoms with E-state index in [2.05, 4.69) is 4.99 Å². The number of guanidine groups is 1. The average Bonchev–Trinajstić information content (AvgIpc) is 2.55. The monoisotopic (exact) mass is 267 g/mol. The second-order valence-corrected chi connectivity index (χ2v) is 3.58. The molecule has 1 rings (SSSR count). The molecule has 1 aliphatic rings. The van der Waals surface area contributed by atoms with Gasteiger partial charge in [0.25, 0.3) is 5.91 Å². The van der Waals surface area contributed by atoms with Crippen LogP contribution in [0.5, 0.6) is 0 Å². The summed E-state index contributed by atoms with van der Waals surface area (Å²) in [5.74, 6) is 0.482. The summed E-state index contributed by atoms with van der Waals surface area (Å²) in [6.07, 6.45) is 3.50. The third kappa shape index (κ3) is 3.51. The predicted molar refractivity (Wildman–Crippen MR) is 69.7 cm³/mol. The minimum absolute atomic E-state index is 0.297. The topological polar surface area (TPSA) is 109 Å². The summed E-state index contributed by atoms with van der Waals surface area (Å²) in [7, 11) is 4.47. The lowest BCUT2D eigenvalue weighted by molar-refractivity contribution is -0.114. The normalized spacial score (nSPS) is 14.9. The number of hydrogen-bond donors (Lipinski definition) is 2. The smallest absolute Gasteiger partial charge is 0.280 e. The van der Waals surface area contributed by atoms with Gasteiger partial charge >= 0.3 is 0 Å². The standard InChI is InChI=1S/C12H17N3O4/c1-17-8-5-4-7(11(16)15-12(13)14)6-9(18-2)10(8)19-3/h4,6H,5H2,1-3H3,(H4,13,14,15,16). The van der Waals surface area contributed by atoms with Gasteiger partial charge in [-0.05, 0) is 6.08 Å². The predicted octanol–water partition coefficient (Wildman–Crippen LogP) is 0.151. The van der Waals surface area contributed by atoms with Gasteiger partial charge in [-0.15, -0.1) is 0 Å². The molecule has 0 aromatic carbocycles. The number of allylic oxidation sites excluding steroid dienone is 1. The first-order valence-electron chi connectivity index (χ1n) is 5.44. The van der Waals surface area contributed by atoms with Gasteiger partial charge in [0.1, 0.15) is 5.76 Å². The molecular weight excluding hydrogens is 250 g/mol. The van der Waals surface area contributed by atoms with Crippen molar-refractivity contribution in [2.75, 3.05) is 21.3 Å². The second kappa shape index (κ2) is 6.48. The molecule has 1 amide bonds. The van der Waals surface area contributed by atoms with Gasteiger partial charge in [-0.25, -0.2) is 0 Å². The van der Waals surface area contributed by atoms with Crippen molar-refractivity contribution in [2.45, 2.75) is 6.42 Å². The van der Waals surface area contributed by atoms with E-state index in [0.29, 0.717) is 29.3 Å². The Balaban J connectivity index is 3.19. The molecule has 19 heavy (non-hydrogen) atoms. The number of amides is 1. The van der Waals surface area contributed by atoms with Gasteiger partial charge < -0.3 is 25.7 Å². The summed E-state index contributed by atoms with van der Waals surface area (Å²) in [4.78, 5) is 15.3. The van der Waals surface area contributed by atoms with Gasteiger partial charge in [0.15, 0.2) is 17.5 Å². The zero-order valence-corrected chi connectivity index (χ0v) is 11.1. The molecule has 0 bridgehead atoms. The fourth-order valence-corrected chi connectivity index (χ4v) is 1.57. The molecule has 7 nitrogen and oxygen atoms in total. The Hall–Kier alpha value is -2.44. The Morgan fingerprint density at radius 1 is 1.21 bits per heavy atom. The van der Waals surface area contributed by atoms with Crippen LogP contribution in [0.3, 0.4) is 0 Å². The van der Waals surface area contributed by atoms with E-state index in [-0.39, 0.29) is 5.96 Å². The van der Waals surface area contributed by atoms with Crippen molar-refractivity contribution in [3.8, 4) is 0 Å². The van der Waals surface area contributed by atoms with E-state index in [1.807, 2.05) is 0 Å². The van der Waals surface area contributed by atoms with Crippen LogP contribution >= 0.6 is 0 Å². The lowest BCUT2D eigenvalue weighted by atomic mass is 10.2. The largest absolute Gasteiger partial charge is 0.497 e. The number of aliphatic imine (C=N–C) groups is 1. The van der Waals surface area contributed by atoms with Crippen LogP contribution in [-0.4, -0.2) is 33.2 Å². The molecule has 0 saturated carbocycles. The highest BCUT2D eigenvalue weighted by molar-refractivity contribution is 6.03. The molecule has 0 atom stereocenters. The number of nitrogens with zero attached hydrogens (tertiary/aromatic N) is 1. The summed E-state index contributed by atoms with van der Waals surface area (Å²) in [6, 6.07) is 0. The molecule has 0 heterocycles. The van der Waals surface area contributed by atoms with Gasteiger partial charge in [-0.3, -0.25) is 4.79 Å². The molecular formula is C12H17N3O4. The maximum absolute atomic E-state index is 11.8. The van der Waals surface area contributed by atoms with Crippen molar-refractivity contribution in [3.63, 3.8) is 0 Å². The van der Waals surface area contributed by atoms with Crippen molar-refractivity contribution in [1.82, 2.24) is 0 Å². The van der Waals surface area contributed by atoms with E-state index < -0.39 is 5.91 Å². The zero-order valence-electron chi connectivity index (χ0n) is 11.1. The van der Waals surface area contributed by atoms with Crippen molar-refractivity contribution >= 4 is 11.9 Å². The maximum atomic E-state index is 11.8. The minimum atomic E-state index is -0.553. The van der Waals surface area contributed by atoms with Gasteiger partial charge in [0.05, 0.1) is 21.3 Å². The third-order valence-electron chi connectivity index (χ3n) is 2.42. The fraction of sp³-hybridized carbons (Fsp3) is 0.333. The number of nitrogens with two attached hydrogens (primary N) is 2. The molecule has 4 N–H and O–H groups in total. The Morgan fingerprint density at radius 2 is 1.89 bits per heavy atom. The zero-order chi connectivity index (χ0) is 14.4. The SMILES string of the molecule is COC1=CC(C(=O)N=C(N)N)=CCC(OC)=C1OC. The van der Waals surface area contributed by atoms with Crippen LogP contribution in [0.1, 0.15) is 6.42 Å². The quantitative estimate of drug-likeness (QED) is 0.554. The van der Waals surface area contributed by atoms with Crippen LogP contribution in [0.25, 0.3) is 0 Å². The van der Waals surface area contributed by atoms with Gasteiger partial charge in [-0.1, -0.05) is 6.08 Å². The highest BCUT2D eigenvalue weighted by atomic mass is 16.5. The van der Waals surface area contributed by atoms with E-state index in [9.17, 15) is 4.79 Å². The molecule has 0 spiro atoms. The van der Waals surface area contributed by atoms with E-state index in [4.69, 9.17) is 25.7 Å². The molecule has 0 radical (unpaired) electrons. The molecule has 7 heteroatoms. The highest BCUT2D eigenvalue weighted by Gasteiger charge is 2.20. The first-order chi connectivity index (χ1) is 9.03. The first-order valence-corrected chi connectivity index (χ1v) is 5.44. The second-order valence-electron chi connectivity index (χ2n) is 3.58. The van der Waals surface area contributed by atoms with Crippen molar-refractivity contribution in [1.29, 1.82) is 0 Å². The van der Waals surface area contributed by atoms with Gasteiger partial charge in [-0.2, -0.15) is 4.99 Å². The number of hydrogen-bond acceptors (Lipinski definition) is 4. The van der Waals surface area contributed by atoms with Crippen LogP contribution in [0.4, 0.5) is 0 Å². The molecule has 0 aromatic heterocycles. The van der Waals surface area contributed by atoms with Gasteiger partial charge in [0.2, 0.25) is 0 Å². The summed E-state index contributed by atoms with van der Waals surface area (Å²) in [5.41, 5.74) is 10.7. The van der Waals surface area contributed by atoms with E-state index in [1.165, 1.54) is 27.4 Å². The summed E-state index contributed by atoms with van der Waals surface area (Å²) >= 11 is 0. The van der Waals surface area contributed by atoms with Crippen molar-refractivity contribution < 1.29 is 19.0 Å². The van der Waals surface area contributed by atoms with Crippen molar-refractivity contribution in [2.24, 2.45) is 16.5 Å². The average molecular weight is 267 g/mol. The number of rotatable bonds is 4. The Morgan fingerprint density at radius 3 is 2.37 bits per heavy atom. The molecule has 0 fully saturated rings. The lowest BCUT2D eigenvalue weighted by Crippen LogP contribution is -2.24. The van der Waals surface area contributed by atoms with Crippen LogP contribution in [0, 0.1) is 0 Å². The molecule has 104 valence electrons. The van der Waals surface area contributed by atoms with E-state index in [1.54, 1.807) is 6.08 Å². The lowest BCUT2D eigenvalue weighted by Gasteiger charge is -2.12. The van der Waals surface area contributed by atoms with E-state index in [0.717, 1.165) is 0 Å². The van der Waals surface area contributed by atoms with Crippen LogP contribution < -0.4 is 11.5 Å². The summed E-state index contributed by atoms with van der Waals surface area (Å²) in [5, 5.41) is 0. The number of carbonyl (C=O) groups excluding carboxylic acids is 1. The Bertz CT molecular complexity index is 485. The highest BCUT2D eigenvalue weighted by Crippen LogP contribution is 2.25. The maximum Gasteiger partial charge on any atom is 0.280 e. The molecule has 0 saturated heterocycles. The van der Waals surface area contributed by atoms with Crippen LogP contribution in [-0.2, 0) is 19.0 Å². The Kier molecular flexibility index (Phi) is 4.99. The van der Waals surface area contributed by atoms with E-state index >= 15 is 0 Å². The minimum Gasteiger partial charge on any atom is -0.497 e. The van der Waals surface area contributed by atoms with Crippen molar-refractivity contribution in [3.05, 3.63) is 35.0 Å². The summed E-state index contributed by atoms with van der Waals surface area (Å²) in [6.45, 7) is 0. The number of ether oxygens (including phenoxy) is 3. The molecule has 0 aliphatic heterocycles. The first kappa shape index (κ1) is 14.6. The van der Waals surface area contributed by atoms with Gasteiger partial charge in [0, 0.05) is 12.0 Å².